The Balaban J connectivity index is 3.02. The number of rotatable bonds is 0. The molecule has 1 N–H and O–H groups in total. The minimum Gasteiger partial charge on any atom is -0.378 e. The predicted molar refractivity (Wildman–Crippen MR) is 59.4 cm³/mol. The van der Waals surface area contributed by atoms with E-state index in [0.717, 1.165) is 11.1 Å². The Morgan fingerprint density at radius 1 is 1.36 bits per heavy atom. The molecule has 0 aliphatic carbocycles. The number of hydrogen-bond donors (Lipinski definition) is 1. The van der Waals surface area contributed by atoms with Crippen LogP contribution in [-0.2, 0) is 0 Å². The van der Waals surface area contributed by atoms with E-state index >= 15 is 0 Å². The summed E-state index contributed by atoms with van der Waals surface area (Å²) in [5.74, 6) is 5.68. The first-order chi connectivity index (χ1) is 6.38. The molecule has 0 aliphatic rings. The zero-order valence-corrected chi connectivity index (χ0v) is 9.31. The Bertz CT molecular complexity index is 391. The second-order valence-corrected chi connectivity index (χ2v) is 4.20. The zero-order chi connectivity index (χ0) is 10.8. The summed E-state index contributed by atoms with van der Waals surface area (Å²) in [6, 6.07) is 5.51. The summed E-state index contributed by atoms with van der Waals surface area (Å²) in [5.41, 5.74) is 0.970. The van der Waals surface area contributed by atoms with Crippen LogP contribution in [0.5, 0.6) is 0 Å². The molecule has 74 valence electrons. The van der Waals surface area contributed by atoms with Crippen LogP contribution >= 0.6 is 11.6 Å². The van der Waals surface area contributed by atoms with Crippen molar-refractivity contribution < 1.29 is 5.11 Å². The van der Waals surface area contributed by atoms with Crippen LogP contribution in [0, 0.1) is 18.8 Å². The van der Waals surface area contributed by atoms with Crippen LogP contribution in [0.2, 0.25) is 5.02 Å². The molecule has 0 aliphatic heterocycles. The van der Waals surface area contributed by atoms with E-state index in [-0.39, 0.29) is 0 Å². The molecule has 0 heterocycles. The third-order valence-corrected chi connectivity index (χ3v) is 1.93. The van der Waals surface area contributed by atoms with Gasteiger partial charge in [-0.1, -0.05) is 23.4 Å². The van der Waals surface area contributed by atoms with E-state index in [1.807, 2.05) is 19.1 Å². The molecule has 0 saturated carbocycles. The lowest BCUT2D eigenvalue weighted by Gasteiger charge is -2.06. The third kappa shape index (κ3) is 3.41. The lowest BCUT2D eigenvalue weighted by Crippen LogP contribution is -2.14. The molecule has 0 aromatic heterocycles. The van der Waals surface area contributed by atoms with Crippen LogP contribution in [0.25, 0.3) is 0 Å². The highest BCUT2D eigenvalue weighted by atomic mass is 35.5. The van der Waals surface area contributed by atoms with Gasteiger partial charge in [0.15, 0.2) is 0 Å². The normalized spacial score (nSPS) is 10.6. The van der Waals surface area contributed by atoms with Gasteiger partial charge in [-0.25, -0.2) is 0 Å². The van der Waals surface area contributed by atoms with Crippen molar-refractivity contribution in [2.24, 2.45) is 0 Å². The largest absolute Gasteiger partial charge is 0.378 e. The van der Waals surface area contributed by atoms with E-state index in [1.54, 1.807) is 19.9 Å². The molecule has 0 spiro atoms. The Morgan fingerprint density at radius 3 is 2.50 bits per heavy atom. The van der Waals surface area contributed by atoms with Crippen LogP contribution in [0.15, 0.2) is 18.2 Å². The summed E-state index contributed by atoms with van der Waals surface area (Å²) in [6.07, 6.45) is 0. The van der Waals surface area contributed by atoms with Crippen molar-refractivity contribution in [3.8, 4) is 11.8 Å². The number of aliphatic hydroxyl groups is 1. The standard InChI is InChI=1S/C12H13ClO/c1-9-8-11(13)5-4-10(9)6-7-12(2,3)14/h4-5,8,14H,1-3H3. The van der Waals surface area contributed by atoms with Crippen molar-refractivity contribution in [2.45, 2.75) is 26.4 Å². The molecule has 1 aromatic carbocycles. The molecule has 1 aromatic rings. The molecule has 0 radical (unpaired) electrons. The highest BCUT2D eigenvalue weighted by Gasteiger charge is 2.06. The molecule has 0 saturated heterocycles. The van der Waals surface area contributed by atoms with Crippen molar-refractivity contribution >= 4 is 11.6 Å². The summed E-state index contributed by atoms with van der Waals surface area (Å²) in [5, 5.41) is 10.1. The summed E-state index contributed by atoms with van der Waals surface area (Å²) in [4.78, 5) is 0. The second-order valence-electron chi connectivity index (χ2n) is 3.77. The van der Waals surface area contributed by atoms with Gasteiger partial charge < -0.3 is 5.11 Å². The maximum absolute atomic E-state index is 9.42. The molecular formula is C12H13ClO. The molecule has 1 rings (SSSR count). The maximum Gasteiger partial charge on any atom is 0.120 e. The van der Waals surface area contributed by atoms with E-state index in [1.165, 1.54) is 0 Å². The Morgan fingerprint density at radius 2 is 2.00 bits per heavy atom. The van der Waals surface area contributed by atoms with Gasteiger partial charge in [0.2, 0.25) is 0 Å². The molecular weight excluding hydrogens is 196 g/mol. The number of benzene rings is 1. The maximum atomic E-state index is 9.42. The van der Waals surface area contributed by atoms with Gasteiger partial charge in [0.25, 0.3) is 0 Å². The molecule has 0 fully saturated rings. The monoisotopic (exact) mass is 208 g/mol. The fraction of sp³-hybridized carbons (Fsp3) is 0.333. The average molecular weight is 209 g/mol. The number of hydrogen-bond acceptors (Lipinski definition) is 1. The van der Waals surface area contributed by atoms with Gasteiger partial charge in [0.1, 0.15) is 5.60 Å². The summed E-state index contributed by atoms with van der Waals surface area (Å²) in [6.45, 7) is 5.26. The van der Waals surface area contributed by atoms with Crippen LogP contribution < -0.4 is 0 Å². The predicted octanol–water partition coefficient (Wildman–Crippen LogP) is 2.77. The Hall–Kier alpha value is -0.970. The van der Waals surface area contributed by atoms with Crippen molar-refractivity contribution in [2.75, 3.05) is 0 Å². The average Bonchev–Trinajstić information content (AvgIpc) is 2.00. The highest BCUT2D eigenvalue weighted by molar-refractivity contribution is 6.30. The first-order valence-electron chi connectivity index (χ1n) is 4.40. The molecule has 2 heteroatoms. The Kier molecular flexibility index (Phi) is 3.21. The van der Waals surface area contributed by atoms with Crippen LogP contribution in [-0.4, -0.2) is 10.7 Å². The molecule has 14 heavy (non-hydrogen) atoms. The quantitative estimate of drug-likeness (QED) is 0.650. The summed E-state index contributed by atoms with van der Waals surface area (Å²) in [7, 11) is 0. The Labute approximate surface area is 89.7 Å². The molecule has 0 amide bonds. The summed E-state index contributed by atoms with van der Waals surface area (Å²) < 4.78 is 0. The topological polar surface area (TPSA) is 20.2 Å². The minimum atomic E-state index is -0.952. The van der Waals surface area contributed by atoms with Crippen molar-refractivity contribution in [1.82, 2.24) is 0 Å². The first kappa shape index (κ1) is 11.1. The lowest BCUT2D eigenvalue weighted by atomic mass is 10.1. The third-order valence-electron chi connectivity index (χ3n) is 1.69. The van der Waals surface area contributed by atoms with Crippen molar-refractivity contribution in [3.63, 3.8) is 0 Å². The smallest absolute Gasteiger partial charge is 0.120 e. The molecule has 0 atom stereocenters. The molecule has 1 nitrogen and oxygen atoms in total. The van der Waals surface area contributed by atoms with Gasteiger partial charge in [-0.2, -0.15) is 0 Å². The van der Waals surface area contributed by atoms with Crippen LogP contribution in [0.1, 0.15) is 25.0 Å². The van der Waals surface area contributed by atoms with Gasteiger partial charge in [-0.05, 0) is 44.5 Å². The highest BCUT2D eigenvalue weighted by Crippen LogP contribution is 2.14. The van der Waals surface area contributed by atoms with Gasteiger partial charge in [0.05, 0.1) is 0 Å². The first-order valence-corrected chi connectivity index (χ1v) is 4.78. The molecule has 0 bridgehead atoms. The second kappa shape index (κ2) is 4.04. The SMILES string of the molecule is Cc1cc(Cl)ccc1C#CC(C)(C)O. The molecule has 0 unspecified atom stereocenters. The van der Waals surface area contributed by atoms with E-state index in [9.17, 15) is 5.11 Å². The van der Waals surface area contributed by atoms with Crippen LogP contribution in [0.3, 0.4) is 0 Å². The van der Waals surface area contributed by atoms with E-state index < -0.39 is 5.60 Å². The fourth-order valence-corrected chi connectivity index (χ4v) is 1.21. The minimum absolute atomic E-state index is 0.705. The van der Waals surface area contributed by atoms with Gasteiger partial charge in [-0.3, -0.25) is 0 Å². The van der Waals surface area contributed by atoms with Crippen molar-refractivity contribution in [3.05, 3.63) is 34.3 Å². The van der Waals surface area contributed by atoms with Crippen molar-refractivity contribution in [1.29, 1.82) is 0 Å². The van der Waals surface area contributed by atoms with E-state index in [0.29, 0.717) is 5.02 Å². The van der Waals surface area contributed by atoms with Gasteiger partial charge >= 0.3 is 0 Å². The van der Waals surface area contributed by atoms with Crippen LogP contribution in [0.4, 0.5) is 0 Å². The van der Waals surface area contributed by atoms with Gasteiger partial charge in [0, 0.05) is 10.6 Å². The zero-order valence-electron chi connectivity index (χ0n) is 8.56. The van der Waals surface area contributed by atoms with Gasteiger partial charge in [-0.15, -0.1) is 0 Å². The summed E-state index contributed by atoms with van der Waals surface area (Å²) >= 11 is 5.81. The number of aryl methyl sites for hydroxylation is 1. The van der Waals surface area contributed by atoms with E-state index in [4.69, 9.17) is 11.6 Å². The van der Waals surface area contributed by atoms with E-state index in [2.05, 4.69) is 11.8 Å². The number of halogens is 1. The fourth-order valence-electron chi connectivity index (χ4n) is 0.988. The lowest BCUT2D eigenvalue weighted by molar-refractivity contribution is 0.143.